The molecule has 5 heteroatoms. The average Bonchev–Trinajstić information content (AvgIpc) is 2.48. The lowest BCUT2D eigenvalue weighted by Crippen LogP contribution is -2.30. The van der Waals surface area contributed by atoms with Gasteiger partial charge in [0.1, 0.15) is 5.75 Å². The first-order chi connectivity index (χ1) is 10.2. The third kappa shape index (κ3) is 4.20. The van der Waals surface area contributed by atoms with Gasteiger partial charge >= 0.3 is 0 Å². The van der Waals surface area contributed by atoms with E-state index in [1.807, 2.05) is 49.4 Å². The summed E-state index contributed by atoms with van der Waals surface area (Å²) in [4.78, 5) is 0. The topological polar surface area (TPSA) is 47.3 Å². The molecular formula is C16H18BrClN2O. The van der Waals surface area contributed by atoms with Crippen molar-refractivity contribution in [3.05, 3.63) is 63.1 Å². The molecule has 3 N–H and O–H groups in total. The fourth-order valence-corrected chi connectivity index (χ4v) is 2.97. The molecule has 0 amide bonds. The summed E-state index contributed by atoms with van der Waals surface area (Å²) in [6, 6.07) is 13.7. The lowest BCUT2D eigenvalue weighted by atomic mass is 9.98. The van der Waals surface area contributed by atoms with Gasteiger partial charge in [0.25, 0.3) is 0 Å². The van der Waals surface area contributed by atoms with Gasteiger partial charge in [0.15, 0.2) is 0 Å². The van der Waals surface area contributed by atoms with E-state index in [-0.39, 0.29) is 6.04 Å². The van der Waals surface area contributed by atoms with Crippen LogP contribution in [0.5, 0.6) is 5.75 Å². The van der Waals surface area contributed by atoms with Gasteiger partial charge in [0, 0.05) is 15.1 Å². The normalized spacial score (nSPS) is 12.2. The molecule has 0 aliphatic heterocycles. The first kappa shape index (κ1) is 16.3. The van der Waals surface area contributed by atoms with Crippen LogP contribution in [0.4, 0.5) is 0 Å². The lowest BCUT2D eigenvalue weighted by molar-refractivity contribution is 0.331. The second-order valence-electron chi connectivity index (χ2n) is 4.63. The molecular weight excluding hydrogens is 352 g/mol. The Morgan fingerprint density at radius 3 is 2.71 bits per heavy atom. The van der Waals surface area contributed by atoms with Crippen LogP contribution in [0.1, 0.15) is 24.1 Å². The maximum absolute atomic E-state index is 6.29. The minimum absolute atomic E-state index is 0.0635. The Balaban J connectivity index is 2.27. The van der Waals surface area contributed by atoms with Gasteiger partial charge in [0.2, 0.25) is 0 Å². The van der Waals surface area contributed by atoms with E-state index in [4.69, 9.17) is 22.2 Å². The van der Waals surface area contributed by atoms with Crippen molar-refractivity contribution in [2.75, 3.05) is 6.61 Å². The van der Waals surface area contributed by atoms with Crippen molar-refractivity contribution in [1.82, 2.24) is 5.43 Å². The van der Waals surface area contributed by atoms with Crippen molar-refractivity contribution in [3.63, 3.8) is 0 Å². The maximum atomic E-state index is 6.29. The number of para-hydroxylation sites is 1. The highest BCUT2D eigenvalue weighted by molar-refractivity contribution is 9.10. The van der Waals surface area contributed by atoms with Crippen molar-refractivity contribution in [1.29, 1.82) is 0 Å². The first-order valence-corrected chi connectivity index (χ1v) is 7.94. The van der Waals surface area contributed by atoms with Crippen molar-refractivity contribution >= 4 is 27.5 Å². The van der Waals surface area contributed by atoms with Crippen molar-refractivity contribution in [2.45, 2.75) is 19.4 Å². The van der Waals surface area contributed by atoms with Gasteiger partial charge in [-0.2, -0.15) is 0 Å². The van der Waals surface area contributed by atoms with E-state index in [0.29, 0.717) is 13.0 Å². The highest BCUT2D eigenvalue weighted by Gasteiger charge is 2.16. The van der Waals surface area contributed by atoms with Crippen molar-refractivity contribution in [3.8, 4) is 5.75 Å². The fraction of sp³-hybridized carbons (Fsp3) is 0.250. The quantitative estimate of drug-likeness (QED) is 0.591. The summed E-state index contributed by atoms with van der Waals surface area (Å²) < 4.78 is 6.63. The minimum Gasteiger partial charge on any atom is -0.494 e. The van der Waals surface area contributed by atoms with Crippen LogP contribution in [0.2, 0.25) is 5.02 Å². The summed E-state index contributed by atoms with van der Waals surface area (Å²) in [7, 11) is 0. The summed E-state index contributed by atoms with van der Waals surface area (Å²) >= 11 is 9.70. The van der Waals surface area contributed by atoms with Crippen molar-refractivity contribution in [2.24, 2.45) is 5.84 Å². The van der Waals surface area contributed by atoms with E-state index >= 15 is 0 Å². The molecule has 0 radical (unpaired) electrons. The molecule has 0 bridgehead atoms. The Morgan fingerprint density at radius 2 is 2.05 bits per heavy atom. The number of hydrazine groups is 1. The Kier molecular flexibility index (Phi) is 6.06. The summed E-state index contributed by atoms with van der Waals surface area (Å²) in [6.07, 6.45) is 0.687. The largest absolute Gasteiger partial charge is 0.494 e. The van der Waals surface area contributed by atoms with E-state index < -0.39 is 0 Å². The zero-order chi connectivity index (χ0) is 15.2. The lowest BCUT2D eigenvalue weighted by Gasteiger charge is -2.20. The number of rotatable bonds is 6. The molecule has 2 rings (SSSR count). The number of benzene rings is 2. The molecule has 0 saturated heterocycles. The van der Waals surface area contributed by atoms with E-state index in [1.54, 1.807) is 0 Å². The number of hydrogen-bond donors (Lipinski definition) is 2. The van der Waals surface area contributed by atoms with Crippen LogP contribution in [0.25, 0.3) is 0 Å². The molecule has 0 spiro atoms. The van der Waals surface area contributed by atoms with Crippen molar-refractivity contribution < 1.29 is 4.74 Å². The van der Waals surface area contributed by atoms with E-state index in [1.165, 1.54) is 0 Å². The molecule has 3 nitrogen and oxygen atoms in total. The number of halogens is 2. The average molecular weight is 370 g/mol. The Labute approximate surface area is 138 Å². The molecule has 0 aliphatic carbocycles. The van der Waals surface area contributed by atoms with Crippen LogP contribution < -0.4 is 16.0 Å². The summed E-state index contributed by atoms with van der Waals surface area (Å²) in [5.41, 5.74) is 4.92. The van der Waals surface area contributed by atoms with Crippen LogP contribution in [0.3, 0.4) is 0 Å². The molecule has 1 atom stereocenters. The van der Waals surface area contributed by atoms with Crippen LogP contribution in [0.15, 0.2) is 46.9 Å². The molecule has 0 heterocycles. The zero-order valence-corrected chi connectivity index (χ0v) is 14.1. The van der Waals surface area contributed by atoms with Gasteiger partial charge in [-0.25, -0.2) is 0 Å². The minimum atomic E-state index is -0.0635. The SMILES string of the molecule is CCOc1ccccc1C(Cc1ccc(Br)cc1Cl)NN. The molecule has 2 aromatic rings. The maximum Gasteiger partial charge on any atom is 0.124 e. The predicted octanol–water partition coefficient (Wildman–Crippen LogP) is 4.25. The number of nitrogens with two attached hydrogens (primary N) is 1. The van der Waals surface area contributed by atoms with Crippen LogP contribution in [0, 0.1) is 0 Å². The first-order valence-electron chi connectivity index (χ1n) is 6.77. The van der Waals surface area contributed by atoms with Gasteiger partial charge in [-0.15, -0.1) is 0 Å². The van der Waals surface area contributed by atoms with Crippen LogP contribution in [-0.4, -0.2) is 6.61 Å². The fourth-order valence-electron chi connectivity index (χ4n) is 2.22. The Hall–Kier alpha value is -1.07. The molecule has 0 fully saturated rings. The third-order valence-electron chi connectivity index (χ3n) is 3.23. The van der Waals surface area contributed by atoms with Gasteiger partial charge < -0.3 is 4.74 Å². The van der Waals surface area contributed by atoms with Crippen LogP contribution >= 0.6 is 27.5 Å². The molecule has 112 valence electrons. The summed E-state index contributed by atoms with van der Waals surface area (Å²) in [5.74, 6) is 6.58. The standard InChI is InChI=1S/C16H18BrClN2O/c1-2-21-16-6-4-3-5-13(16)15(20-19)9-11-7-8-12(17)10-14(11)18/h3-8,10,15,20H,2,9,19H2,1H3. The smallest absolute Gasteiger partial charge is 0.124 e. The molecule has 0 aliphatic rings. The zero-order valence-electron chi connectivity index (χ0n) is 11.8. The van der Waals surface area contributed by atoms with Gasteiger partial charge in [-0.1, -0.05) is 51.8 Å². The number of nitrogens with one attached hydrogen (secondary N) is 1. The summed E-state index contributed by atoms with van der Waals surface area (Å²) in [6.45, 7) is 2.58. The second-order valence-corrected chi connectivity index (χ2v) is 5.95. The van der Waals surface area contributed by atoms with E-state index in [2.05, 4.69) is 21.4 Å². The van der Waals surface area contributed by atoms with Crippen LogP contribution in [-0.2, 0) is 6.42 Å². The second kappa shape index (κ2) is 7.80. The molecule has 21 heavy (non-hydrogen) atoms. The highest BCUT2D eigenvalue weighted by atomic mass is 79.9. The molecule has 0 aromatic heterocycles. The van der Waals surface area contributed by atoms with E-state index in [9.17, 15) is 0 Å². The third-order valence-corrected chi connectivity index (χ3v) is 4.08. The van der Waals surface area contributed by atoms with E-state index in [0.717, 1.165) is 26.4 Å². The van der Waals surface area contributed by atoms with Gasteiger partial charge in [0.05, 0.1) is 12.6 Å². The molecule has 1 unspecified atom stereocenters. The highest BCUT2D eigenvalue weighted by Crippen LogP contribution is 2.30. The Morgan fingerprint density at radius 1 is 1.29 bits per heavy atom. The number of ether oxygens (including phenoxy) is 1. The Bertz CT molecular complexity index is 607. The molecule has 0 saturated carbocycles. The molecule has 2 aromatic carbocycles. The monoisotopic (exact) mass is 368 g/mol. The van der Waals surface area contributed by atoms with Gasteiger partial charge in [-0.05, 0) is 37.1 Å². The summed E-state index contributed by atoms with van der Waals surface area (Å²) in [5, 5.41) is 0.721. The number of hydrogen-bond acceptors (Lipinski definition) is 3. The van der Waals surface area contributed by atoms with Gasteiger partial charge in [-0.3, -0.25) is 11.3 Å². The predicted molar refractivity (Wildman–Crippen MR) is 90.5 cm³/mol.